The first-order valence-electron chi connectivity index (χ1n) is 6.21. The fourth-order valence-electron chi connectivity index (χ4n) is 1.77. The second kappa shape index (κ2) is 6.25. The molecule has 22 heavy (non-hydrogen) atoms. The molecular formula is C14H9BrClN5O. The minimum Gasteiger partial charge on any atom is -0.290 e. The van der Waals surface area contributed by atoms with Crippen molar-refractivity contribution in [3.8, 4) is 0 Å². The standard InChI is InChI=1S/C14H9BrClN5O/c15-12-6-17-7-13-19-11(8-21(12)13)14(22)20-18-5-9-1-3-10(16)4-2-9/h1-8H,(H,20,22)/b18-5-. The van der Waals surface area contributed by atoms with Gasteiger partial charge in [0.2, 0.25) is 0 Å². The van der Waals surface area contributed by atoms with Gasteiger partial charge >= 0.3 is 0 Å². The van der Waals surface area contributed by atoms with Gasteiger partial charge in [-0.1, -0.05) is 23.7 Å². The van der Waals surface area contributed by atoms with Crippen LogP contribution in [0.1, 0.15) is 16.1 Å². The summed E-state index contributed by atoms with van der Waals surface area (Å²) >= 11 is 9.13. The topological polar surface area (TPSA) is 71.7 Å². The molecule has 0 spiro atoms. The highest BCUT2D eigenvalue weighted by Crippen LogP contribution is 2.12. The molecule has 3 rings (SSSR count). The number of amides is 1. The largest absolute Gasteiger partial charge is 0.291 e. The summed E-state index contributed by atoms with van der Waals surface area (Å²) in [5.41, 5.74) is 4.08. The predicted molar refractivity (Wildman–Crippen MR) is 87.2 cm³/mol. The van der Waals surface area contributed by atoms with Gasteiger partial charge in [-0.15, -0.1) is 0 Å². The first-order chi connectivity index (χ1) is 10.6. The molecule has 0 saturated heterocycles. The average molecular weight is 379 g/mol. The molecule has 0 saturated carbocycles. The van der Waals surface area contributed by atoms with Crippen LogP contribution >= 0.6 is 27.5 Å². The second-order valence-electron chi connectivity index (χ2n) is 4.34. The summed E-state index contributed by atoms with van der Waals surface area (Å²) in [6.45, 7) is 0. The van der Waals surface area contributed by atoms with Crippen molar-refractivity contribution in [3.05, 3.63) is 63.7 Å². The number of nitrogens with zero attached hydrogens (tertiary/aromatic N) is 4. The number of hydrogen-bond donors (Lipinski definition) is 1. The third-order valence-corrected chi connectivity index (χ3v) is 3.66. The van der Waals surface area contributed by atoms with Crippen LogP contribution in [0.15, 0.2) is 52.6 Å². The molecule has 0 bridgehead atoms. The van der Waals surface area contributed by atoms with E-state index >= 15 is 0 Å². The lowest BCUT2D eigenvalue weighted by molar-refractivity contribution is 0.0951. The number of rotatable bonds is 3. The maximum atomic E-state index is 12.0. The third-order valence-electron chi connectivity index (χ3n) is 2.82. The van der Waals surface area contributed by atoms with Gasteiger partial charge in [-0.05, 0) is 33.6 Å². The monoisotopic (exact) mass is 377 g/mol. The smallest absolute Gasteiger partial charge is 0.290 e. The van der Waals surface area contributed by atoms with Crippen LogP contribution in [-0.4, -0.2) is 26.5 Å². The highest BCUT2D eigenvalue weighted by molar-refractivity contribution is 9.10. The fraction of sp³-hybridized carbons (Fsp3) is 0. The number of carbonyl (C=O) groups excluding carboxylic acids is 1. The van der Waals surface area contributed by atoms with Crippen molar-refractivity contribution in [1.82, 2.24) is 19.8 Å². The van der Waals surface area contributed by atoms with E-state index in [1.54, 1.807) is 47.3 Å². The third kappa shape index (κ3) is 3.15. The maximum Gasteiger partial charge on any atom is 0.291 e. The predicted octanol–water partition coefficient (Wildman–Crippen LogP) is 2.91. The first-order valence-corrected chi connectivity index (χ1v) is 7.38. The van der Waals surface area contributed by atoms with Gasteiger partial charge in [-0.25, -0.2) is 10.4 Å². The van der Waals surface area contributed by atoms with E-state index in [2.05, 4.69) is 36.4 Å². The number of aromatic nitrogens is 3. The van der Waals surface area contributed by atoms with Gasteiger partial charge in [0.15, 0.2) is 5.65 Å². The Bertz CT molecular complexity index is 859. The molecule has 0 unspecified atom stereocenters. The second-order valence-corrected chi connectivity index (χ2v) is 5.58. The van der Waals surface area contributed by atoms with Crippen molar-refractivity contribution in [2.45, 2.75) is 0 Å². The number of benzene rings is 1. The van der Waals surface area contributed by atoms with E-state index < -0.39 is 5.91 Å². The van der Waals surface area contributed by atoms with Crippen LogP contribution in [0.25, 0.3) is 5.65 Å². The Morgan fingerprint density at radius 2 is 2.09 bits per heavy atom. The molecule has 1 amide bonds. The zero-order chi connectivity index (χ0) is 15.5. The Morgan fingerprint density at radius 3 is 2.82 bits per heavy atom. The van der Waals surface area contributed by atoms with Crippen molar-refractivity contribution in [2.24, 2.45) is 5.10 Å². The zero-order valence-corrected chi connectivity index (χ0v) is 13.4. The summed E-state index contributed by atoms with van der Waals surface area (Å²) < 4.78 is 2.42. The van der Waals surface area contributed by atoms with Gasteiger partial charge in [0.05, 0.1) is 18.6 Å². The van der Waals surface area contributed by atoms with E-state index in [1.165, 1.54) is 6.21 Å². The van der Waals surface area contributed by atoms with E-state index in [-0.39, 0.29) is 5.69 Å². The lowest BCUT2D eigenvalue weighted by Gasteiger charge is -1.95. The lowest BCUT2D eigenvalue weighted by atomic mass is 10.2. The number of imidazole rings is 1. The Hall–Kier alpha value is -2.25. The van der Waals surface area contributed by atoms with Crippen LogP contribution in [-0.2, 0) is 0 Å². The summed E-state index contributed by atoms with van der Waals surface area (Å²) in [7, 11) is 0. The van der Waals surface area contributed by atoms with Crippen molar-refractivity contribution >= 4 is 45.3 Å². The van der Waals surface area contributed by atoms with Crippen molar-refractivity contribution in [2.75, 3.05) is 0 Å². The summed E-state index contributed by atoms with van der Waals surface area (Å²) in [6, 6.07) is 7.09. The Balaban J connectivity index is 1.73. The summed E-state index contributed by atoms with van der Waals surface area (Å²) in [5.74, 6) is -0.402. The fourth-order valence-corrected chi connectivity index (χ4v) is 2.29. The molecule has 0 atom stereocenters. The Labute approximate surface area is 139 Å². The first kappa shape index (κ1) is 14.7. The van der Waals surface area contributed by atoms with Gasteiger partial charge in [-0.2, -0.15) is 5.10 Å². The van der Waals surface area contributed by atoms with Crippen LogP contribution in [0.2, 0.25) is 5.02 Å². The number of hydrogen-bond acceptors (Lipinski definition) is 4. The number of hydrazone groups is 1. The zero-order valence-electron chi connectivity index (χ0n) is 11.1. The quantitative estimate of drug-likeness (QED) is 0.563. The molecule has 0 aliphatic rings. The molecule has 2 heterocycles. The molecule has 110 valence electrons. The van der Waals surface area contributed by atoms with E-state index in [0.29, 0.717) is 15.3 Å². The Morgan fingerprint density at radius 1 is 1.32 bits per heavy atom. The lowest BCUT2D eigenvalue weighted by Crippen LogP contribution is -2.17. The minimum atomic E-state index is -0.402. The van der Waals surface area contributed by atoms with Gasteiger partial charge in [0, 0.05) is 11.2 Å². The van der Waals surface area contributed by atoms with E-state index in [0.717, 1.165) is 5.56 Å². The van der Waals surface area contributed by atoms with Gasteiger partial charge in [-0.3, -0.25) is 14.2 Å². The molecular weight excluding hydrogens is 370 g/mol. The van der Waals surface area contributed by atoms with Crippen molar-refractivity contribution in [3.63, 3.8) is 0 Å². The van der Waals surface area contributed by atoms with Crippen LogP contribution in [0.5, 0.6) is 0 Å². The molecule has 0 aliphatic carbocycles. The van der Waals surface area contributed by atoms with E-state index in [4.69, 9.17) is 11.6 Å². The summed E-state index contributed by atoms with van der Waals surface area (Å²) in [6.07, 6.45) is 6.32. The summed E-state index contributed by atoms with van der Waals surface area (Å²) in [5, 5.41) is 4.54. The molecule has 3 aromatic rings. The minimum absolute atomic E-state index is 0.252. The van der Waals surface area contributed by atoms with E-state index in [9.17, 15) is 4.79 Å². The average Bonchev–Trinajstić information content (AvgIpc) is 2.95. The normalized spacial score (nSPS) is 11.2. The number of carbonyl (C=O) groups is 1. The van der Waals surface area contributed by atoms with Crippen LogP contribution in [0.4, 0.5) is 0 Å². The SMILES string of the molecule is O=C(N/N=C\c1ccc(Cl)cc1)c1cn2c(Br)cncc2n1. The molecule has 6 nitrogen and oxygen atoms in total. The van der Waals surface area contributed by atoms with Gasteiger partial charge in [0.25, 0.3) is 5.91 Å². The number of fused-ring (bicyclic) bond motifs is 1. The van der Waals surface area contributed by atoms with Crippen LogP contribution in [0, 0.1) is 0 Å². The van der Waals surface area contributed by atoms with Crippen molar-refractivity contribution < 1.29 is 4.79 Å². The molecule has 1 N–H and O–H groups in total. The van der Waals surface area contributed by atoms with Crippen LogP contribution < -0.4 is 5.43 Å². The molecule has 0 radical (unpaired) electrons. The molecule has 2 aromatic heterocycles. The molecule has 8 heteroatoms. The van der Waals surface area contributed by atoms with Gasteiger partial charge in [0.1, 0.15) is 10.3 Å². The number of nitrogens with one attached hydrogen (secondary N) is 1. The highest BCUT2D eigenvalue weighted by Gasteiger charge is 2.11. The summed E-state index contributed by atoms with van der Waals surface area (Å²) in [4.78, 5) is 20.2. The molecule has 0 fully saturated rings. The van der Waals surface area contributed by atoms with Gasteiger partial charge < -0.3 is 0 Å². The Kier molecular flexibility index (Phi) is 4.17. The van der Waals surface area contributed by atoms with Crippen molar-refractivity contribution in [1.29, 1.82) is 0 Å². The number of halogens is 2. The maximum absolute atomic E-state index is 12.0. The van der Waals surface area contributed by atoms with Crippen LogP contribution in [0.3, 0.4) is 0 Å². The highest BCUT2D eigenvalue weighted by atomic mass is 79.9. The molecule has 1 aromatic carbocycles. The van der Waals surface area contributed by atoms with E-state index in [1.807, 2.05) is 0 Å². The molecule has 0 aliphatic heterocycles.